The van der Waals surface area contributed by atoms with Crippen LogP contribution in [0.15, 0.2) is 36.0 Å². The fraction of sp³-hybridized carbons (Fsp3) is 0.474. The van der Waals surface area contributed by atoms with Crippen LogP contribution in [-0.2, 0) is 9.59 Å². The molecule has 0 aliphatic heterocycles. The van der Waals surface area contributed by atoms with Gasteiger partial charge in [0.25, 0.3) is 11.8 Å². The van der Waals surface area contributed by atoms with E-state index >= 15 is 0 Å². The Bertz CT molecular complexity index is 628. The van der Waals surface area contributed by atoms with Gasteiger partial charge in [-0.2, -0.15) is 0 Å². The van der Waals surface area contributed by atoms with Gasteiger partial charge in [0, 0.05) is 17.9 Å². The number of allylic oxidation sites excluding steroid dienone is 2. The summed E-state index contributed by atoms with van der Waals surface area (Å²) in [6.07, 6.45) is 6.14. The van der Waals surface area contributed by atoms with Crippen molar-refractivity contribution in [1.29, 1.82) is 0 Å². The number of hydrogen-bond acceptors (Lipinski definition) is 2. The van der Waals surface area contributed by atoms with Gasteiger partial charge < -0.3 is 15.1 Å². The number of halogens is 1. The number of rotatable bonds is 8. The average Bonchev–Trinajstić information content (AvgIpc) is 3.08. The van der Waals surface area contributed by atoms with Crippen LogP contribution in [0.2, 0.25) is 0 Å². The van der Waals surface area contributed by atoms with Gasteiger partial charge in [-0.1, -0.05) is 13.0 Å². The van der Waals surface area contributed by atoms with Crippen molar-refractivity contribution in [2.45, 2.75) is 32.6 Å². The Labute approximate surface area is 148 Å². The molecule has 0 fully saturated rings. The molecule has 1 atom stereocenters. The zero-order valence-corrected chi connectivity index (χ0v) is 15.0. The van der Waals surface area contributed by atoms with Crippen LogP contribution in [0.1, 0.15) is 32.6 Å². The molecule has 2 N–H and O–H groups in total. The topological polar surface area (TPSA) is 53.9 Å². The molecule has 1 unspecified atom stereocenters. The Morgan fingerprint density at radius 1 is 1.24 bits per heavy atom. The summed E-state index contributed by atoms with van der Waals surface area (Å²) < 4.78 is 12.9. The summed E-state index contributed by atoms with van der Waals surface area (Å²) in [5.74, 6) is -0.482. The second-order valence-corrected chi connectivity index (χ2v) is 6.50. The van der Waals surface area contributed by atoms with E-state index in [4.69, 9.17) is 0 Å². The first-order valence-corrected chi connectivity index (χ1v) is 8.85. The maximum Gasteiger partial charge on any atom is 0.281 e. The monoisotopic (exact) mass is 348 g/mol. The molecule has 1 aromatic rings. The van der Waals surface area contributed by atoms with E-state index < -0.39 is 0 Å². The quantitative estimate of drug-likeness (QED) is 0.750. The molecule has 136 valence electrons. The first-order valence-electron chi connectivity index (χ1n) is 8.85. The van der Waals surface area contributed by atoms with E-state index in [1.807, 2.05) is 11.9 Å². The Kier molecular flexibility index (Phi) is 7.13. The SMILES string of the molecule is CCCN(C(=O)C[NH+](C)CC(=O)Nc1ccc(F)cc1)C1=CCCC1. The third-order valence-corrected chi connectivity index (χ3v) is 4.16. The predicted molar refractivity (Wildman–Crippen MR) is 95.6 cm³/mol. The second kappa shape index (κ2) is 9.32. The van der Waals surface area contributed by atoms with Crippen molar-refractivity contribution in [3.05, 3.63) is 41.9 Å². The lowest BCUT2D eigenvalue weighted by Gasteiger charge is -2.24. The molecule has 2 amide bonds. The van der Waals surface area contributed by atoms with Crippen LogP contribution in [0.5, 0.6) is 0 Å². The number of amides is 2. The van der Waals surface area contributed by atoms with Crippen LogP contribution in [0.4, 0.5) is 10.1 Å². The van der Waals surface area contributed by atoms with Crippen LogP contribution in [0.3, 0.4) is 0 Å². The van der Waals surface area contributed by atoms with Crippen molar-refractivity contribution in [1.82, 2.24) is 4.90 Å². The summed E-state index contributed by atoms with van der Waals surface area (Å²) in [6.45, 7) is 3.23. The standard InChI is InChI=1S/C19H26FN3O2/c1-3-12-23(17-6-4-5-7-17)19(25)14-22(2)13-18(24)21-16-10-8-15(20)9-11-16/h6,8-11H,3-5,7,12-14H2,1-2H3,(H,21,24)/p+1. The highest BCUT2D eigenvalue weighted by Crippen LogP contribution is 2.21. The zero-order valence-electron chi connectivity index (χ0n) is 15.0. The molecule has 0 aromatic heterocycles. The normalized spacial score (nSPS) is 14.8. The molecule has 0 saturated heterocycles. The number of quaternary nitrogens is 1. The molecule has 25 heavy (non-hydrogen) atoms. The van der Waals surface area contributed by atoms with E-state index in [0.717, 1.165) is 42.8 Å². The summed E-state index contributed by atoms with van der Waals surface area (Å²) in [4.78, 5) is 27.4. The Morgan fingerprint density at radius 2 is 1.96 bits per heavy atom. The number of hydrogen-bond donors (Lipinski definition) is 2. The lowest BCUT2D eigenvalue weighted by molar-refractivity contribution is -0.862. The number of nitrogens with zero attached hydrogens (tertiary/aromatic N) is 1. The summed E-state index contributed by atoms with van der Waals surface area (Å²) in [7, 11) is 1.83. The molecule has 0 radical (unpaired) electrons. The molecule has 1 aliphatic rings. The number of carbonyl (C=O) groups excluding carboxylic acids is 2. The third kappa shape index (κ3) is 5.98. The Morgan fingerprint density at radius 3 is 2.56 bits per heavy atom. The van der Waals surface area contributed by atoms with Crippen LogP contribution in [0.25, 0.3) is 0 Å². The molecule has 6 heteroatoms. The van der Waals surface area contributed by atoms with E-state index in [-0.39, 0.29) is 30.7 Å². The molecule has 1 aliphatic carbocycles. The van der Waals surface area contributed by atoms with Gasteiger partial charge in [0.2, 0.25) is 0 Å². The summed E-state index contributed by atoms with van der Waals surface area (Å²) in [5, 5.41) is 2.72. The predicted octanol–water partition coefficient (Wildman–Crippen LogP) is 1.59. The zero-order chi connectivity index (χ0) is 18.2. The first-order chi connectivity index (χ1) is 12.0. The molecule has 2 rings (SSSR count). The fourth-order valence-electron chi connectivity index (χ4n) is 2.98. The first kappa shape index (κ1) is 19.1. The van der Waals surface area contributed by atoms with Crippen molar-refractivity contribution >= 4 is 17.5 Å². The molecule has 0 spiro atoms. The highest BCUT2D eigenvalue weighted by molar-refractivity contribution is 5.91. The smallest absolute Gasteiger partial charge is 0.281 e. The minimum atomic E-state index is -0.344. The van der Waals surface area contributed by atoms with Gasteiger partial charge in [-0.25, -0.2) is 4.39 Å². The Balaban J connectivity index is 1.84. The van der Waals surface area contributed by atoms with Crippen LogP contribution >= 0.6 is 0 Å². The lowest BCUT2D eigenvalue weighted by atomic mass is 10.2. The number of carbonyl (C=O) groups is 2. The Hall–Kier alpha value is -2.21. The maximum atomic E-state index is 12.9. The fourth-order valence-corrected chi connectivity index (χ4v) is 2.98. The van der Waals surface area contributed by atoms with Gasteiger partial charge in [-0.3, -0.25) is 9.59 Å². The van der Waals surface area contributed by atoms with E-state index in [1.54, 1.807) is 0 Å². The molecule has 0 bridgehead atoms. The molecular weight excluding hydrogens is 321 g/mol. The van der Waals surface area contributed by atoms with Gasteiger partial charge in [-0.05, 0) is 49.9 Å². The average molecular weight is 348 g/mol. The summed E-state index contributed by atoms with van der Waals surface area (Å²) in [5.41, 5.74) is 1.67. The van der Waals surface area contributed by atoms with Gasteiger partial charge >= 0.3 is 0 Å². The molecule has 1 aromatic carbocycles. The van der Waals surface area contributed by atoms with Crippen molar-refractivity contribution in [3.63, 3.8) is 0 Å². The lowest BCUT2D eigenvalue weighted by Crippen LogP contribution is -3.11. The number of benzene rings is 1. The van der Waals surface area contributed by atoms with Crippen LogP contribution < -0.4 is 10.2 Å². The molecule has 0 saturated carbocycles. The van der Waals surface area contributed by atoms with Crippen molar-refractivity contribution in [2.75, 3.05) is 32.0 Å². The van der Waals surface area contributed by atoms with Crippen LogP contribution in [0, 0.1) is 5.82 Å². The maximum absolute atomic E-state index is 12.9. The van der Waals surface area contributed by atoms with Gasteiger partial charge in [0.1, 0.15) is 5.82 Å². The van der Waals surface area contributed by atoms with Crippen molar-refractivity contribution in [2.24, 2.45) is 0 Å². The van der Waals surface area contributed by atoms with Crippen LogP contribution in [-0.4, -0.2) is 43.4 Å². The van der Waals surface area contributed by atoms with Gasteiger partial charge in [0.15, 0.2) is 13.1 Å². The molecule has 5 nitrogen and oxygen atoms in total. The van der Waals surface area contributed by atoms with E-state index in [9.17, 15) is 14.0 Å². The van der Waals surface area contributed by atoms with E-state index in [1.165, 1.54) is 24.3 Å². The molecule has 0 heterocycles. The number of nitrogens with one attached hydrogen (secondary N) is 2. The summed E-state index contributed by atoms with van der Waals surface area (Å²) in [6, 6.07) is 5.63. The largest absolute Gasteiger partial charge is 0.322 e. The summed E-state index contributed by atoms with van der Waals surface area (Å²) >= 11 is 0. The minimum Gasteiger partial charge on any atom is -0.322 e. The highest BCUT2D eigenvalue weighted by atomic mass is 19.1. The number of likely N-dealkylation sites (N-methyl/N-ethyl adjacent to an activating group) is 1. The van der Waals surface area contributed by atoms with E-state index in [0.29, 0.717) is 5.69 Å². The van der Waals surface area contributed by atoms with E-state index in [2.05, 4.69) is 18.3 Å². The minimum absolute atomic E-state index is 0.0575. The van der Waals surface area contributed by atoms with Crippen molar-refractivity contribution in [3.8, 4) is 0 Å². The second-order valence-electron chi connectivity index (χ2n) is 6.50. The molecular formula is C19H27FN3O2+. The van der Waals surface area contributed by atoms with Gasteiger partial charge in [0.05, 0.1) is 7.05 Å². The third-order valence-electron chi connectivity index (χ3n) is 4.16. The highest BCUT2D eigenvalue weighted by Gasteiger charge is 2.23. The van der Waals surface area contributed by atoms with Crippen molar-refractivity contribution < 1.29 is 18.9 Å². The van der Waals surface area contributed by atoms with Gasteiger partial charge in [-0.15, -0.1) is 0 Å². The number of anilines is 1.